The topological polar surface area (TPSA) is 0 Å². The van der Waals surface area contributed by atoms with Crippen LogP contribution in [0.1, 0.15) is 18.1 Å². The van der Waals surface area contributed by atoms with E-state index in [2.05, 4.69) is 22.5 Å². The maximum Gasteiger partial charge on any atom is 0.0997 e. The van der Waals surface area contributed by atoms with Crippen LogP contribution in [-0.2, 0) is 0 Å². The van der Waals surface area contributed by atoms with Gasteiger partial charge in [-0.05, 0) is 23.3 Å². The smallest absolute Gasteiger partial charge is 0.0997 e. The van der Waals surface area contributed by atoms with Gasteiger partial charge in [-0.1, -0.05) is 41.6 Å². The normalized spacial score (nSPS) is 10.5. The fourth-order valence-corrected chi connectivity index (χ4v) is 1.56. The minimum absolute atomic E-state index is 0.410. The van der Waals surface area contributed by atoms with Crippen molar-refractivity contribution in [2.75, 3.05) is 6.67 Å². The van der Waals surface area contributed by atoms with Crippen LogP contribution in [0.15, 0.2) is 29.3 Å². The quantitative estimate of drug-likeness (QED) is 0.751. The fraction of sp³-hybridized carbons (Fsp3) is 0.182. The Bertz CT molecular complexity index is 307. The molecule has 1 aromatic carbocycles. The van der Waals surface area contributed by atoms with Gasteiger partial charge < -0.3 is 0 Å². The molecule has 0 aliphatic carbocycles. The summed E-state index contributed by atoms with van der Waals surface area (Å²) < 4.78 is 13.3. The summed E-state index contributed by atoms with van der Waals surface area (Å²) in [6.07, 6.45) is 1.75. The Hall–Kier alpha value is -0.630. The molecule has 69 valence electrons. The van der Waals surface area contributed by atoms with E-state index in [0.717, 1.165) is 21.5 Å². The van der Waals surface area contributed by atoms with Crippen LogP contribution in [0.5, 0.6) is 0 Å². The van der Waals surface area contributed by atoms with Gasteiger partial charge in [-0.2, -0.15) is 0 Å². The van der Waals surface area contributed by atoms with Gasteiger partial charge in [0.25, 0.3) is 0 Å². The molecular formula is C11H11BrF. The predicted octanol–water partition coefficient (Wildman–Crippen LogP) is 4.00. The molecule has 1 radical (unpaired) electrons. The van der Waals surface area contributed by atoms with Crippen LogP contribution < -0.4 is 0 Å². The van der Waals surface area contributed by atoms with E-state index in [9.17, 15) is 4.39 Å². The maximum atomic E-state index is 12.4. The standard InChI is InChI=1S/C11H11BrF/c1-3-9-4-10(8(2)7-13)6-11(12)5-9/h3-6H,1,7H2,2H3. The molecule has 0 fully saturated rings. The fourth-order valence-electron chi connectivity index (χ4n) is 1.05. The van der Waals surface area contributed by atoms with Crippen LogP contribution in [-0.4, -0.2) is 6.67 Å². The Morgan fingerprint density at radius 1 is 1.54 bits per heavy atom. The van der Waals surface area contributed by atoms with Gasteiger partial charge in [-0.3, -0.25) is 4.39 Å². The molecule has 0 N–H and O–H groups in total. The number of benzene rings is 1. The third kappa shape index (κ3) is 2.66. The lowest BCUT2D eigenvalue weighted by molar-refractivity contribution is 0.516. The van der Waals surface area contributed by atoms with Crippen molar-refractivity contribution < 1.29 is 4.39 Å². The highest BCUT2D eigenvalue weighted by molar-refractivity contribution is 9.10. The molecule has 0 aromatic heterocycles. The summed E-state index contributed by atoms with van der Waals surface area (Å²) in [4.78, 5) is 0. The van der Waals surface area contributed by atoms with Crippen molar-refractivity contribution in [2.45, 2.75) is 6.92 Å². The molecule has 0 unspecified atom stereocenters. The van der Waals surface area contributed by atoms with Crippen LogP contribution in [0.4, 0.5) is 4.39 Å². The molecule has 0 nitrogen and oxygen atoms in total. The molecule has 0 aliphatic rings. The molecule has 0 saturated carbocycles. The van der Waals surface area contributed by atoms with Gasteiger partial charge in [-0.25, -0.2) is 0 Å². The first-order valence-electron chi connectivity index (χ1n) is 3.99. The number of hydrogen-bond acceptors (Lipinski definition) is 0. The Balaban J connectivity index is 3.07. The van der Waals surface area contributed by atoms with Crippen LogP contribution in [0.25, 0.3) is 6.08 Å². The zero-order chi connectivity index (χ0) is 9.84. The molecule has 0 amide bonds. The van der Waals surface area contributed by atoms with Gasteiger partial charge >= 0.3 is 0 Å². The van der Waals surface area contributed by atoms with Crippen molar-refractivity contribution >= 4 is 22.0 Å². The highest BCUT2D eigenvalue weighted by Gasteiger charge is 2.06. The lowest BCUT2D eigenvalue weighted by Gasteiger charge is -2.08. The molecule has 0 saturated heterocycles. The van der Waals surface area contributed by atoms with Crippen molar-refractivity contribution in [3.05, 3.63) is 46.3 Å². The highest BCUT2D eigenvalue weighted by atomic mass is 79.9. The van der Waals surface area contributed by atoms with E-state index in [1.54, 1.807) is 13.0 Å². The van der Waals surface area contributed by atoms with Crippen molar-refractivity contribution in [3.8, 4) is 0 Å². The maximum absolute atomic E-state index is 12.4. The van der Waals surface area contributed by atoms with Gasteiger partial charge in [0.2, 0.25) is 0 Å². The summed E-state index contributed by atoms with van der Waals surface area (Å²) in [5.74, 6) is 0.740. The van der Waals surface area contributed by atoms with Gasteiger partial charge in [0.15, 0.2) is 0 Å². The van der Waals surface area contributed by atoms with E-state index in [1.165, 1.54) is 0 Å². The van der Waals surface area contributed by atoms with E-state index in [-0.39, 0.29) is 0 Å². The van der Waals surface area contributed by atoms with Crippen LogP contribution in [0.2, 0.25) is 0 Å². The number of hydrogen-bond donors (Lipinski definition) is 0. The van der Waals surface area contributed by atoms with E-state index >= 15 is 0 Å². The molecule has 2 heteroatoms. The third-order valence-corrected chi connectivity index (χ3v) is 2.31. The molecular weight excluding hydrogens is 231 g/mol. The molecule has 13 heavy (non-hydrogen) atoms. The number of rotatable bonds is 3. The van der Waals surface area contributed by atoms with Gasteiger partial charge in [0.1, 0.15) is 0 Å². The summed E-state index contributed by atoms with van der Waals surface area (Å²) in [5, 5.41) is 0. The van der Waals surface area contributed by atoms with Gasteiger partial charge in [0.05, 0.1) is 6.67 Å². The minimum atomic E-state index is -0.410. The van der Waals surface area contributed by atoms with Crippen LogP contribution in [0, 0.1) is 5.92 Å². The average molecular weight is 242 g/mol. The van der Waals surface area contributed by atoms with E-state index in [1.807, 2.05) is 18.2 Å². The molecule has 1 aromatic rings. The van der Waals surface area contributed by atoms with Crippen molar-refractivity contribution in [3.63, 3.8) is 0 Å². The van der Waals surface area contributed by atoms with E-state index in [4.69, 9.17) is 0 Å². The minimum Gasteiger partial charge on any atom is -0.250 e. The summed E-state index contributed by atoms with van der Waals surface area (Å²) in [6.45, 7) is 5.05. The lowest BCUT2D eigenvalue weighted by Crippen LogP contribution is -1.96. The molecule has 0 atom stereocenters. The molecule has 0 bridgehead atoms. The van der Waals surface area contributed by atoms with Gasteiger partial charge in [-0.15, -0.1) is 0 Å². The third-order valence-electron chi connectivity index (χ3n) is 1.85. The highest BCUT2D eigenvalue weighted by Crippen LogP contribution is 2.22. The Kier molecular flexibility index (Phi) is 3.67. The second-order valence-corrected chi connectivity index (χ2v) is 3.81. The molecule has 0 spiro atoms. The zero-order valence-corrected chi connectivity index (χ0v) is 9.07. The zero-order valence-electron chi connectivity index (χ0n) is 7.48. The van der Waals surface area contributed by atoms with Gasteiger partial charge in [0, 0.05) is 10.4 Å². The Labute approximate surface area is 86.6 Å². The Morgan fingerprint density at radius 3 is 2.77 bits per heavy atom. The summed E-state index contributed by atoms with van der Waals surface area (Å²) in [5.41, 5.74) is 1.92. The predicted molar refractivity (Wildman–Crippen MR) is 58.2 cm³/mol. The number of alkyl halides is 1. The first kappa shape index (κ1) is 10.5. The summed E-state index contributed by atoms with van der Waals surface area (Å²) in [7, 11) is 0. The molecule has 0 aliphatic heterocycles. The molecule has 1 rings (SSSR count). The van der Waals surface area contributed by atoms with Crippen molar-refractivity contribution in [2.24, 2.45) is 0 Å². The summed E-state index contributed by atoms with van der Waals surface area (Å²) >= 11 is 3.37. The average Bonchev–Trinajstić information content (AvgIpc) is 2.15. The van der Waals surface area contributed by atoms with E-state index in [0.29, 0.717) is 0 Å². The Morgan fingerprint density at radius 2 is 2.23 bits per heavy atom. The first-order chi connectivity index (χ1) is 6.17. The molecule has 0 heterocycles. The van der Waals surface area contributed by atoms with Crippen LogP contribution in [0.3, 0.4) is 0 Å². The van der Waals surface area contributed by atoms with Crippen molar-refractivity contribution in [1.29, 1.82) is 0 Å². The SMILES string of the molecule is C=Cc1cc(Br)cc([C](C)CF)c1. The number of halogens is 2. The summed E-state index contributed by atoms with van der Waals surface area (Å²) in [6, 6.07) is 5.77. The monoisotopic (exact) mass is 241 g/mol. The van der Waals surface area contributed by atoms with Crippen molar-refractivity contribution in [1.82, 2.24) is 0 Å². The largest absolute Gasteiger partial charge is 0.250 e. The first-order valence-corrected chi connectivity index (χ1v) is 4.78. The lowest BCUT2D eigenvalue weighted by atomic mass is 10.0. The van der Waals surface area contributed by atoms with E-state index < -0.39 is 6.67 Å². The van der Waals surface area contributed by atoms with Crippen LogP contribution >= 0.6 is 15.9 Å². The second kappa shape index (κ2) is 4.56. The second-order valence-electron chi connectivity index (χ2n) is 2.89.